The van der Waals surface area contributed by atoms with Gasteiger partial charge in [-0.1, -0.05) is 48.2 Å². The lowest BCUT2D eigenvalue weighted by Gasteiger charge is -2.25. The molecule has 0 radical (unpaired) electrons. The Bertz CT molecular complexity index is 1080. The van der Waals surface area contributed by atoms with Crippen LogP contribution in [0, 0.1) is 0 Å². The predicted octanol–water partition coefficient (Wildman–Crippen LogP) is 2.86. The first-order valence-electron chi connectivity index (χ1n) is 11.3. The van der Waals surface area contributed by atoms with Crippen molar-refractivity contribution in [2.75, 3.05) is 12.5 Å². The fourth-order valence-electron chi connectivity index (χ4n) is 4.27. The zero-order valence-electron chi connectivity index (χ0n) is 19.5. The summed E-state index contributed by atoms with van der Waals surface area (Å²) in [4.78, 5) is 37.1. The van der Waals surface area contributed by atoms with Crippen LogP contribution >= 0.6 is 11.8 Å². The van der Waals surface area contributed by atoms with Crippen molar-refractivity contribution in [2.45, 2.75) is 50.9 Å². The van der Waals surface area contributed by atoms with E-state index in [0.717, 1.165) is 28.0 Å². The van der Waals surface area contributed by atoms with Crippen molar-refractivity contribution in [3.63, 3.8) is 0 Å². The van der Waals surface area contributed by atoms with Crippen LogP contribution in [-0.4, -0.2) is 57.9 Å². The number of nitrogens with one attached hydrogen (secondary N) is 1. The number of hydroxylamine groups is 2. The molecular weight excluding hydrogens is 472 g/mol. The van der Waals surface area contributed by atoms with Gasteiger partial charge in [-0.05, 0) is 36.6 Å². The van der Waals surface area contributed by atoms with Crippen molar-refractivity contribution < 1.29 is 33.8 Å². The molecule has 2 aliphatic heterocycles. The van der Waals surface area contributed by atoms with Crippen LogP contribution in [0.4, 0.5) is 0 Å². The van der Waals surface area contributed by atoms with Gasteiger partial charge in [-0.25, -0.2) is 4.79 Å². The van der Waals surface area contributed by atoms with E-state index in [9.17, 15) is 19.6 Å². The minimum Gasteiger partial charge on any atom is -0.459 e. The van der Waals surface area contributed by atoms with E-state index in [1.54, 1.807) is 13.0 Å². The van der Waals surface area contributed by atoms with Gasteiger partial charge in [-0.2, -0.15) is 5.06 Å². The molecule has 2 aliphatic rings. The number of rotatable bonds is 8. The second kappa shape index (κ2) is 11.1. The van der Waals surface area contributed by atoms with E-state index >= 15 is 0 Å². The van der Waals surface area contributed by atoms with E-state index in [0.29, 0.717) is 23.7 Å². The molecule has 2 heterocycles. The highest BCUT2D eigenvalue weighted by Crippen LogP contribution is 2.42. The Kier molecular flexibility index (Phi) is 7.94. The number of thioether (sulfide) groups is 1. The first-order chi connectivity index (χ1) is 16.8. The van der Waals surface area contributed by atoms with E-state index < -0.39 is 30.0 Å². The van der Waals surface area contributed by atoms with Gasteiger partial charge in [0.05, 0.1) is 6.04 Å². The monoisotopic (exact) mass is 500 g/mol. The number of carbonyl (C=O) groups is 3. The van der Waals surface area contributed by atoms with Crippen molar-refractivity contribution in [2.24, 2.45) is 0 Å². The molecule has 35 heavy (non-hydrogen) atoms. The summed E-state index contributed by atoms with van der Waals surface area (Å²) in [5.74, 6) is 0.256. The van der Waals surface area contributed by atoms with Crippen LogP contribution in [0.25, 0.3) is 0 Å². The fraction of sp³-hybridized carbons (Fsp3) is 0.400. The van der Waals surface area contributed by atoms with Crippen LogP contribution in [0.3, 0.4) is 0 Å². The van der Waals surface area contributed by atoms with E-state index in [1.165, 1.54) is 6.92 Å². The molecule has 1 saturated heterocycles. The third-order valence-electron chi connectivity index (χ3n) is 6.12. The molecule has 186 valence electrons. The van der Waals surface area contributed by atoms with Gasteiger partial charge >= 0.3 is 5.97 Å². The Morgan fingerprint density at radius 2 is 1.91 bits per heavy atom. The number of ether oxygens (including phenoxy) is 3. The highest BCUT2D eigenvalue weighted by Gasteiger charge is 2.45. The smallest absolute Gasteiger partial charge is 0.328 e. The number of hydrogen-bond donors (Lipinski definition) is 2. The molecule has 10 heteroatoms. The van der Waals surface area contributed by atoms with Crippen molar-refractivity contribution >= 4 is 28.8 Å². The molecular formula is C25H28N2O7S. The Labute approximate surface area is 207 Å². The number of benzene rings is 2. The number of fused-ring (bicyclic) bond motifs is 1. The lowest BCUT2D eigenvalue weighted by Crippen LogP contribution is -2.49. The van der Waals surface area contributed by atoms with Crippen LogP contribution in [0.1, 0.15) is 37.3 Å². The van der Waals surface area contributed by atoms with E-state index in [1.807, 2.05) is 42.5 Å². The van der Waals surface area contributed by atoms with Gasteiger partial charge in [-0.3, -0.25) is 9.59 Å². The molecule has 0 aromatic heterocycles. The molecule has 0 saturated carbocycles. The van der Waals surface area contributed by atoms with Gasteiger partial charge in [0.25, 0.3) is 0 Å². The molecule has 2 aromatic carbocycles. The Hall–Kier alpha value is -3.08. The highest BCUT2D eigenvalue weighted by atomic mass is 32.2. The molecule has 0 aliphatic carbocycles. The van der Waals surface area contributed by atoms with Crippen molar-refractivity contribution in [3.8, 4) is 11.5 Å². The average molecular weight is 501 g/mol. The quantitative estimate of drug-likeness (QED) is 0.528. The Balaban J connectivity index is 1.42. The summed E-state index contributed by atoms with van der Waals surface area (Å²) in [7, 11) is 0. The number of hydrogen-bond acceptors (Lipinski definition) is 9. The summed E-state index contributed by atoms with van der Waals surface area (Å²) in [6.45, 7) is 3.25. The van der Waals surface area contributed by atoms with Gasteiger partial charge in [0.2, 0.25) is 12.7 Å². The standard InChI is InChI=1S/C25H28N2O7S/c1-15(25(30)32-12-17-6-4-3-5-7-17)26-24(29)20-11-19(21(27(20)31)13-35-16(2)28)18-8-9-22-23(10-18)34-14-33-22/h3-10,15,19-21,31H,11-14H2,1-2H3,(H,26,29)/t15-,19?,20-,21?/m0/s1. The Morgan fingerprint density at radius 1 is 1.17 bits per heavy atom. The zero-order chi connectivity index (χ0) is 24.9. The third-order valence-corrected chi connectivity index (χ3v) is 7.04. The Morgan fingerprint density at radius 3 is 2.66 bits per heavy atom. The lowest BCUT2D eigenvalue weighted by atomic mass is 9.91. The maximum absolute atomic E-state index is 13.1. The average Bonchev–Trinajstić information content (AvgIpc) is 3.45. The molecule has 0 bridgehead atoms. The molecule has 1 fully saturated rings. The summed E-state index contributed by atoms with van der Waals surface area (Å²) < 4.78 is 16.2. The summed E-state index contributed by atoms with van der Waals surface area (Å²) in [6.07, 6.45) is 0.302. The van der Waals surface area contributed by atoms with Crippen molar-refractivity contribution in [1.82, 2.24) is 10.4 Å². The second-order valence-corrected chi connectivity index (χ2v) is 9.74. The van der Waals surface area contributed by atoms with E-state index in [2.05, 4.69) is 5.32 Å². The van der Waals surface area contributed by atoms with Crippen molar-refractivity contribution in [3.05, 3.63) is 59.7 Å². The van der Waals surface area contributed by atoms with Gasteiger partial charge in [0.15, 0.2) is 16.6 Å². The molecule has 0 spiro atoms. The minimum absolute atomic E-state index is 0.0782. The van der Waals surface area contributed by atoms with Crippen LogP contribution in [-0.2, 0) is 25.7 Å². The molecule has 1 amide bonds. The minimum atomic E-state index is -0.896. The number of esters is 1. The van der Waals surface area contributed by atoms with Gasteiger partial charge in [0.1, 0.15) is 18.7 Å². The van der Waals surface area contributed by atoms with Gasteiger partial charge in [0, 0.05) is 18.6 Å². The highest BCUT2D eigenvalue weighted by molar-refractivity contribution is 8.13. The molecule has 4 atom stereocenters. The number of amides is 1. The zero-order valence-corrected chi connectivity index (χ0v) is 20.3. The first kappa shape index (κ1) is 25.0. The molecule has 9 nitrogen and oxygen atoms in total. The van der Waals surface area contributed by atoms with Crippen LogP contribution in [0.5, 0.6) is 11.5 Å². The molecule has 2 aromatic rings. The summed E-state index contributed by atoms with van der Waals surface area (Å²) in [5.41, 5.74) is 1.71. The number of nitrogens with zero attached hydrogens (tertiary/aromatic N) is 1. The van der Waals surface area contributed by atoms with E-state index in [-0.39, 0.29) is 24.4 Å². The predicted molar refractivity (Wildman–Crippen MR) is 128 cm³/mol. The molecule has 2 N–H and O–H groups in total. The fourth-order valence-corrected chi connectivity index (χ4v) is 5.06. The molecule has 2 unspecified atom stereocenters. The maximum Gasteiger partial charge on any atom is 0.328 e. The largest absolute Gasteiger partial charge is 0.459 e. The number of carbonyl (C=O) groups excluding carboxylic acids is 3. The normalized spacial score (nSPS) is 22.0. The summed E-state index contributed by atoms with van der Waals surface area (Å²) in [6, 6.07) is 12.5. The van der Waals surface area contributed by atoms with Crippen LogP contribution in [0.2, 0.25) is 0 Å². The van der Waals surface area contributed by atoms with Gasteiger partial charge < -0.3 is 24.7 Å². The van der Waals surface area contributed by atoms with Crippen molar-refractivity contribution in [1.29, 1.82) is 0 Å². The van der Waals surface area contributed by atoms with Crippen LogP contribution in [0.15, 0.2) is 48.5 Å². The second-order valence-electron chi connectivity index (χ2n) is 8.54. The first-order valence-corrected chi connectivity index (χ1v) is 12.3. The van der Waals surface area contributed by atoms with Gasteiger partial charge in [-0.15, -0.1) is 0 Å². The lowest BCUT2D eigenvalue weighted by molar-refractivity contribution is -0.158. The van der Waals surface area contributed by atoms with Crippen LogP contribution < -0.4 is 14.8 Å². The SMILES string of the molecule is CC(=O)SCC1C(c2ccc3c(c2)OCO3)C[C@@H](C(=O)N[C@@H](C)C(=O)OCc2ccccc2)N1O. The summed E-state index contributed by atoms with van der Waals surface area (Å²) >= 11 is 1.09. The maximum atomic E-state index is 13.1. The molecule has 4 rings (SSSR count). The summed E-state index contributed by atoms with van der Waals surface area (Å²) in [5, 5.41) is 14.5. The van der Waals surface area contributed by atoms with E-state index in [4.69, 9.17) is 14.2 Å². The topological polar surface area (TPSA) is 114 Å². The third kappa shape index (κ3) is 5.95.